The fraction of sp³-hybridized carbons (Fsp3) is 0.714. The molecule has 0 spiro atoms. The number of nitrogens with zero attached hydrogens (tertiary/aromatic N) is 3. The lowest BCUT2D eigenvalue weighted by molar-refractivity contribution is 0.443. The Morgan fingerprint density at radius 1 is 1.39 bits per heavy atom. The molecule has 0 radical (unpaired) electrons. The summed E-state index contributed by atoms with van der Waals surface area (Å²) in [6.07, 6.45) is 7.97. The van der Waals surface area contributed by atoms with Gasteiger partial charge in [0.1, 0.15) is 12.1 Å². The maximum absolute atomic E-state index is 4.59. The summed E-state index contributed by atoms with van der Waals surface area (Å²) in [6.45, 7) is 5.41. The SMILES string of the molecule is CCC1CCCCN1c1ncnc2c1CNCC2. The molecule has 2 aliphatic rings. The minimum atomic E-state index is 0.666. The second-order valence-corrected chi connectivity index (χ2v) is 5.30. The van der Waals surface area contributed by atoms with Crippen molar-refractivity contribution in [3.63, 3.8) is 0 Å². The first-order valence-corrected chi connectivity index (χ1v) is 7.20. The largest absolute Gasteiger partial charge is 0.353 e. The van der Waals surface area contributed by atoms with Crippen molar-refractivity contribution in [2.24, 2.45) is 0 Å². The smallest absolute Gasteiger partial charge is 0.136 e. The number of aromatic nitrogens is 2. The molecule has 1 aromatic rings. The first-order chi connectivity index (χ1) is 8.90. The van der Waals surface area contributed by atoms with E-state index in [9.17, 15) is 0 Å². The van der Waals surface area contributed by atoms with Crippen molar-refractivity contribution in [3.05, 3.63) is 17.6 Å². The maximum atomic E-state index is 4.59. The Balaban J connectivity index is 1.95. The van der Waals surface area contributed by atoms with Gasteiger partial charge in [-0.2, -0.15) is 0 Å². The Labute approximate surface area is 109 Å². The van der Waals surface area contributed by atoms with E-state index in [1.165, 1.54) is 42.8 Å². The van der Waals surface area contributed by atoms with Gasteiger partial charge in [-0.1, -0.05) is 6.92 Å². The molecule has 1 saturated heterocycles. The van der Waals surface area contributed by atoms with Crippen LogP contribution in [-0.2, 0) is 13.0 Å². The molecule has 1 N–H and O–H groups in total. The number of fused-ring (bicyclic) bond motifs is 1. The molecule has 3 heterocycles. The average molecular weight is 246 g/mol. The van der Waals surface area contributed by atoms with Crippen LogP contribution in [0.2, 0.25) is 0 Å². The first kappa shape index (κ1) is 11.9. The van der Waals surface area contributed by atoms with E-state index < -0.39 is 0 Å². The van der Waals surface area contributed by atoms with Gasteiger partial charge in [-0.15, -0.1) is 0 Å². The van der Waals surface area contributed by atoms with Crippen LogP contribution in [0.15, 0.2) is 6.33 Å². The zero-order chi connectivity index (χ0) is 12.4. The van der Waals surface area contributed by atoms with Crippen molar-refractivity contribution in [3.8, 4) is 0 Å². The van der Waals surface area contributed by atoms with Crippen molar-refractivity contribution in [1.29, 1.82) is 0 Å². The van der Waals surface area contributed by atoms with Crippen LogP contribution in [0, 0.1) is 0 Å². The van der Waals surface area contributed by atoms with Gasteiger partial charge in [0.15, 0.2) is 0 Å². The van der Waals surface area contributed by atoms with Crippen LogP contribution < -0.4 is 10.2 Å². The Morgan fingerprint density at radius 3 is 3.22 bits per heavy atom. The van der Waals surface area contributed by atoms with Crippen LogP contribution in [0.4, 0.5) is 5.82 Å². The number of rotatable bonds is 2. The van der Waals surface area contributed by atoms with Gasteiger partial charge in [-0.25, -0.2) is 9.97 Å². The lowest BCUT2D eigenvalue weighted by Crippen LogP contribution is -2.41. The number of nitrogens with one attached hydrogen (secondary N) is 1. The summed E-state index contributed by atoms with van der Waals surface area (Å²) in [5.74, 6) is 1.19. The molecule has 1 aromatic heterocycles. The van der Waals surface area contributed by atoms with Gasteiger partial charge in [0, 0.05) is 37.7 Å². The second-order valence-electron chi connectivity index (χ2n) is 5.30. The number of piperidine rings is 1. The van der Waals surface area contributed by atoms with Gasteiger partial charge >= 0.3 is 0 Å². The molecule has 98 valence electrons. The third kappa shape index (κ3) is 2.09. The van der Waals surface area contributed by atoms with Crippen LogP contribution in [0.25, 0.3) is 0 Å². The predicted molar refractivity (Wildman–Crippen MR) is 72.7 cm³/mol. The number of anilines is 1. The van der Waals surface area contributed by atoms with E-state index in [0.29, 0.717) is 6.04 Å². The van der Waals surface area contributed by atoms with E-state index in [2.05, 4.69) is 27.1 Å². The molecule has 18 heavy (non-hydrogen) atoms. The van der Waals surface area contributed by atoms with Crippen molar-refractivity contribution in [1.82, 2.24) is 15.3 Å². The molecule has 0 aromatic carbocycles. The summed E-state index contributed by atoms with van der Waals surface area (Å²) in [4.78, 5) is 11.6. The van der Waals surface area contributed by atoms with E-state index >= 15 is 0 Å². The summed E-state index contributed by atoms with van der Waals surface area (Å²) in [7, 11) is 0. The van der Waals surface area contributed by atoms with Gasteiger partial charge in [-0.3, -0.25) is 0 Å². The molecule has 0 bridgehead atoms. The normalized spacial score (nSPS) is 23.8. The average Bonchev–Trinajstić information content (AvgIpc) is 2.46. The van der Waals surface area contributed by atoms with Gasteiger partial charge in [0.05, 0.1) is 5.69 Å². The van der Waals surface area contributed by atoms with E-state index in [0.717, 1.165) is 26.1 Å². The van der Waals surface area contributed by atoms with E-state index in [1.54, 1.807) is 6.33 Å². The van der Waals surface area contributed by atoms with Crippen LogP contribution in [0.5, 0.6) is 0 Å². The molecule has 3 rings (SSSR count). The van der Waals surface area contributed by atoms with Gasteiger partial charge in [0.25, 0.3) is 0 Å². The molecular weight excluding hydrogens is 224 g/mol. The highest BCUT2D eigenvalue weighted by Gasteiger charge is 2.26. The van der Waals surface area contributed by atoms with Gasteiger partial charge < -0.3 is 10.2 Å². The molecule has 0 saturated carbocycles. The minimum Gasteiger partial charge on any atom is -0.353 e. The van der Waals surface area contributed by atoms with Gasteiger partial charge in [-0.05, 0) is 25.7 Å². The molecule has 0 aliphatic carbocycles. The molecular formula is C14H22N4. The Hall–Kier alpha value is -1.16. The fourth-order valence-corrected chi connectivity index (χ4v) is 3.21. The van der Waals surface area contributed by atoms with Crippen molar-refractivity contribution >= 4 is 5.82 Å². The summed E-state index contributed by atoms with van der Waals surface area (Å²) >= 11 is 0. The van der Waals surface area contributed by atoms with Crippen molar-refractivity contribution < 1.29 is 0 Å². The Kier molecular flexibility index (Phi) is 3.46. The lowest BCUT2D eigenvalue weighted by Gasteiger charge is -2.38. The number of hydrogen-bond donors (Lipinski definition) is 1. The summed E-state index contributed by atoms with van der Waals surface area (Å²) < 4.78 is 0. The van der Waals surface area contributed by atoms with Gasteiger partial charge in [0.2, 0.25) is 0 Å². The lowest BCUT2D eigenvalue weighted by atomic mass is 9.98. The second kappa shape index (κ2) is 5.22. The quantitative estimate of drug-likeness (QED) is 0.865. The Bertz CT molecular complexity index is 418. The topological polar surface area (TPSA) is 41.1 Å². The van der Waals surface area contributed by atoms with Crippen LogP contribution in [0.1, 0.15) is 43.9 Å². The van der Waals surface area contributed by atoms with E-state index in [-0.39, 0.29) is 0 Å². The third-order valence-electron chi connectivity index (χ3n) is 4.22. The zero-order valence-corrected chi connectivity index (χ0v) is 11.2. The monoisotopic (exact) mass is 246 g/mol. The summed E-state index contributed by atoms with van der Waals surface area (Å²) in [5, 5.41) is 3.45. The van der Waals surface area contributed by atoms with Crippen molar-refractivity contribution in [2.75, 3.05) is 18.0 Å². The van der Waals surface area contributed by atoms with Crippen LogP contribution >= 0.6 is 0 Å². The highest BCUT2D eigenvalue weighted by molar-refractivity contribution is 5.50. The molecule has 1 atom stereocenters. The molecule has 4 heteroatoms. The molecule has 0 amide bonds. The highest BCUT2D eigenvalue weighted by atomic mass is 15.2. The highest BCUT2D eigenvalue weighted by Crippen LogP contribution is 2.29. The van der Waals surface area contributed by atoms with E-state index in [4.69, 9.17) is 0 Å². The maximum Gasteiger partial charge on any atom is 0.136 e. The Morgan fingerprint density at radius 2 is 2.33 bits per heavy atom. The predicted octanol–water partition coefficient (Wildman–Crippen LogP) is 1.89. The molecule has 4 nitrogen and oxygen atoms in total. The first-order valence-electron chi connectivity index (χ1n) is 7.20. The molecule has 1 unspecified atom stereocenters. The van der Waals surface area contributed by atoms with Crippen molar-refractivity contribution in [2.45, 2.75) is 51.6 Å². The van der Waals surface area contributed by atoms with Crippen LogP contribution in [0.3, 0.4) is 0 Å². The summed E-state index contributed by atoms with van der Waals surface area (Å²) in [6, 6.07) is 0.666. The molecule has 2 aliphatic heterocycles. The molecule has 1 fully saturated rings. The zero-order valence-electron chi connectivity index (χ0n) is 11.2. The summed E-state index contributed by atoms with van der Waals surface area (Å²) in [5.41, 5.74) is 2.59. The minimum absolute atomic E-state index is 0.666. The van der Waals surface area contributed by atoms with E-state index in [1.807, 2.05) is 0 Å². The fourth-order valence-electron chi connectivity index (χ4n) is 3.21. The number of hydrogen-bond acceptors (Lipinski definition) is 4. The van der Waals surface area contributed by atoms with Crippen LogP contribution in [-0.4, -0.2) is 29.1 Å². The standard InChI is InChI=1S/C14H22N4/c1-2-11-5-3-4-8-18(11)14-12-9-15-7-6-13(12)16-10-17-14/h10-11,15H,2-9H2,1H3. The third-order valence-corrected chi connectivity index (χ3v) is 4.22.